The second-order valence-electron chi connectivity index (χ2n) is 4.79. The number of halogens is 2. The molecule has 120 valence electrons. The van der Waals surface area contributed by atoms with Crippen molar-refractivity contribution in [2.75, 3.05) is 27.2 Å². The first kappa shape index (κ1) is 18.2. The molecule has 1 heterocycles. The molecule has 0 aromatic heterocycles. The van der Waals surface area contributed by atoms with E-state index < -0.39 is 15.8 Å². The molecule has 1 unspecified atom stereocenters. The monoisotopic (exact) mass is 338 g/mol. The van der Waals surface area contributed by atoms with Crippen LogP contribution < -0.4 is 10.1 Å². The van der Waals surface area contributed by atoms with Gasteiger partial charge in [-0.3, -0.25) is 0 Å². The average molecular weight is 339 g/mol. The number of piperidine rings is 1. The van der Waals surface area contributed by atoms with Gasteiger partial charge in [0.25, 0.3) is 0 Å². The molecule has 1 aliphatic rings. The van der Waals surface area contributed by atoms with E-state index in [1.54, 1.807) is 7.05 Å². The number of hydrogen-bond donors (Lipinski definition) is 1. The van der Waals surface area contributed by atoms with Crippen LogP contribution in [0.15, 0.2) is 23.1 Å². The van der Waals surface area contributed by atoms with Crippen LogP contribution >= 0.6 is 12.4 Å². The fourth-order valence-corrected chi connectivity index (χ4v) is 3.92. The van der Waals surface area contributed by atoms with Crippen LogP contribution in [0.4, 0.5) is 4.39 Å². The molecule has 1 aromatic carbocycles. The molecule has 1 aliphatic heterocycles. The van der Waals surface area contributed by atoms with E-state index in [0.717, 1.165) is 18.9 Å². The number of sulfonamides is 1. The molecule has 0 aliphatic carbocycles. The van der Waals surface area contributed by atoms with Crippen LogP contribution in [0.3, 0.4) is 0 Å². The van der Waals surface area contributed by atoms with Crippen LogP contribution in [0, 0.1) is 5.82 Å². The van der Waals surface area contributed by atoms with Crippen molar-refractivity contribution >= 4 is 22.4 Å². The van der Waals surface area contributed by atoms with Crippen LogP contribution in [-0.2, 0) is 10.0 Å². The van der Waals surface area contributed by atoms with Crippen molar-refractivity contribution in [3.05, 3.63) is 24.0 Å². The summed E-state index contributed by atoms with van der Waals surface area (Å²) in [5.74, 6) is -0.482. The zero-order chi connectivity index (χ0) is 14.8. The molecule has 8 heteroatoms. The minimum Gasteiger partial charge on any atom is -0.497 e. The Morgan fingerprint density at radius 3 is 2.71 bits per heavy atom. The van der Waals surface area contributed by atoms with Crippen molar-refractivity contribution in [3.8, 4) is 5.75 Å². The maximum absolute atomic E-state index is 14.0. The highest BCUT2D eigenvalue weighted by Gasteiger charge is 2.31. The van der Waals surface area contributed by atoms with Crippen LogP contribution in [0.25, 0.3) is 0 Å². The lowest BCUT2D eigenvalue weighted by molar-refractivity contribution is 0.292. The molecule has 1 fully saturated rings. The number of nitrogens with zero attached hydrogens (tertiary/aromatic N) is 1. The molecule has 0 radical (unpaired) electrons. The third-order valence-corrected chi connectivity index (χ3v) is 5.45. The summed E-state index contributed by atoms with van der Waals surface area (Å²) in [6, 6.07) is 3.91. The van der Waals surface area contributed by atoms with Gasteiger partial charge in [-0.05, 0) is 32.0 Å². The number of benzene rings is 1. The molecule has 5 nitrogen and oxygen atoms in total. The van der Waals surface area contributed by atoms with Gasteiger partial charge in [0.1, 0.15) is 16.5 Å². The van der Waals surface area contributed by atoms with Gasteiger partial charge in [0.15, 0.2) is 0 Å². The van der Waals surface area contributed by atoms with Crippen molar-refractivity contribution in [2.24, 2.45) is 0 Å². The first-order valence-corrected chi connectivity index (χ1v) is 7.94. The summed E-state index contributed by atoms with van der Waals surface area (Å²) in [6.45, 7) is 0.788. The highest BCUT2D eigenvalue weighted by molar-refractivity contribution is 7.89. The molecule has 21 heavy (non-hydrogen) atoms. The normalized spacial score (nSPS) is 19.9. The Kier molecular flexibility index (Phi) is 6.40. The van der Waals surface area contributed by atoms with E-state index in [-0.39, 0.29) is 23.3 Å². The van der Waals surface area contributed by atoms with Crippen LogP contribution in [-0.4, -0.2) is 46.0 Å². The van der Waals surface area contributed by atoms with Gasteiger partial charge in [0.2, 0.25) is 10.0 Å². The SMILES string of the molecule is CNC1CCCN(S(=O)(=O)c2ccc(OC)cc2F)C1.Cl. The van der Waals surface area contributed by atoms with E-state index in [1.165, 1.54) is 23.5 Å². The Hall–Kier alpha value is -0.890. The van der Waals surface area contributed by atoms with E-state index in [4.69, 9.17) is 4.74 Å². The lowest BCUT2D eigenvalue weighted by Gasteiger charge is -2.31. The van der Waals surface area contributed by atoms with Gasteiger partial charge in [0, 0.05) is 25.2 Å². The van der Waals surface area contributed by atoms with Crippen LogP contribution in [0.5, 0.6) is 5.75 Å². The van der Waals surface area contributed by atoms with Crippen molar-refractivity contribution < 1.29 is 17.5 Å². The standard InChI is InChI=1S/C13H19FN2O3S.ClH/c1-15-10-4-3-7-16(9-10)20(17,18)13-6-5-11(19-2)8-12(13)14;/h5-6,8,10,15H,3-4,7,9H2,1-2H3;1H. The lowest BCUT2D eigenvalue weighted by atomic mass is 10.1. The smallest absolute Gasteiger partial charge is 0.246 e. The minimum atomic E-state index is -3.80. The quantitative estimate of drug-likeness (QED) is 0.906. The molecule has 0 saturated carbocycles. The van der Waals surface area contributed by atoms with Crippen molar-refractivity contribution in [1.29, 1.82) is 0 Å². The van der Waals surface area contributed by atoms with Gasteiger partial charge in [-0.2, -0.15) is 4.31 Å². The van der Waals surface area contributed by atoms with E-state index >= 15 is 0 Å². The molecule has 1 aromatic rings. The van der Waals surface area contributed by atoms with E-state index in [1.807, 2.05) is 0 Å². The van der Waals surface area contributed by atoms with Crippen LogP contribution in [0.2, 0.25) is 0 Å². The molecule has 0 amide bonds. The van der Waals surface area contributed by atoms with E-state index in [0.29, 0.717) is 18.8 Å². The summed E-state index contributed by atoms with van der Waals surface area (Å²) in [4.78, 5) is -0.296. The van der Waals surface area contributed by atoms with Crippen molar-refractivity contribution in [3.63, 3.8) is 0 Å². The Balaban J connectivity index is 0.00000220. The van der Waals surface area contributed by atoms with Gasteiger partial charge in [-0.25, -0.2) is 12.8 Å². The number of methoxy groups -OCH3 is 1. The second-order valence-corrected chi connectivity index (χ2v) is 6.69. The number of likely N-dealkylation sites (N-methyl/N-ethyl adjacent to an activating group) is 1. The summed E-state index contributed by atoms with van der Waals surface area (Å²) >= 11 is 0. The first-order chi connectivity index (χ1) is 9.48. The number of rotatable bonds is 4. The number of hydrogen-bond acceptors (Lipinski definition) is 4. The molecule has 1 N–H and O–H groups in total. The van der Waals surface area contributed by atoms with Crippen molar-refractivity contribution in [1.82, 2.24) is 9.62 Å². The Labute approximate surface area is 130 Å². The molecule has 0 bridgehead atoms. The highest BCUT2D eigenvalue weighted by Crippen LogP contribution is 2.25. The highest BCUT2D eigenvalue weighted by atomic mass is 35.5. The lowest BCUT2D eigenvalue weighted by Crippen LogP contribution is -2.47. The number of nitrogens with one attached hydrogen (secondary N) is 1. The molecule has 1 atom stereocenters. The van der Waals surface area contributed by atoms with Crippen molar-refractivity contribution in [2.45, 2.75) is 23.8 Å². The van der Waals surface area contributed by atoms with Gasteiger partial charge in [-0.15, -0.1) is 12.4 Å². The zero-order valence-electron chi connectivity index (χ0n) is 12.0. The van der Waals surface area contributed by atoms with Gasteiger partial charge < -0.3 is 10.1 Å². The maximum Gasteiger partial charge on any atom is 0.246 e. The van der Waals surface area contributed by atoms with E-state index in [9.17, 15) is 12.8 Å². The summed E-state index contributed by atoms with van der Waals surface area (Å²) in [5, 5.41) is 3.07. The minimum absolute atomic E-state index is 0. The van der Waals surface area contributed by atoms with Crippen LogP contribution in [0.1, 0.15) is 12.8 Å². The predicted molar refractivity (Wildman–Crippen MR) is 81.0 cm³/mol. The summed E-state index contributed by atoms with van der Waals surface area (Å²) in [6.07, 6.45) is 1.69. The van der Waals surface area contributed by atoms with Gasteiger partial charge in [0.05, 0.1) is 7.11 Å². The molecule has 0 spiro atoms. The largest absolute Gasteiger partial charge is 0.497 e. The van der Waals surface area contributed by atoms with Gasteiger partial charge in [-0.1, -0.05) is 0 Å². The fourth-order valence-electron chi connectivity index (χ4n) is 2.35. The molecule has 2 rings (SSSR count). The van der Waals surface area contributed by atoms with Gasteiger partial charge >= 0.3 is 0 Å². The Morgan fingerprint density at radius 2 is 2.14 bits per heavy atom. The van der Waals surface area contributed by atoms with E-state index in [2.05, 4.69) is 5.32 Å². The topological polar surface area (TPSA) is 58.6 Å². The molecular formula is C13H20ClFN2O3S. The maximum atomic E-state index is 14.0. The predicted octanol–water partition coefficient (Wildman–Crippen LogP) is 1.63. The Morgan fingerprint density at radius 1 is 1.43 bits per heavy atom. The fraction of sp³-hybridized carbons (Fsp3) is 0.538. The Bertz CT molecular complexity index is 583. The zero-order valence-corrected chi connectivity index (χ0v) is 13.6. The molecule has 1 saturated heterocycles. The summed E-state index contributed by atoms with van der Waals surface area (Å²) < 4.78 is 45.2. The summed E-state index contributed by atoms with van der Waals surface area (Å²) in [5.41, 5.74) is 0. The average Bonchev–Trinajstić information content (AvgIpc) is 2.46. The third kappa shape index (κ3) is 3.85. The second kappa shape index (κ2) is 7.40. The molecular weight excluding hydrogens is 319 g/mol. The summed E-state index contributed by atoms with van der Waals surface area (Å²) in [7, 11) is -0.590. The third-order valence-electron chi connectivity index (χ3n) is 3.55. The first-order valence-electron chi connectivity index (χ1n) is 6.50. The number of ether oxygens (including phenoxy) is 1.